The molecule has 114 valence electrons. The second-order valence-corrected chi connectivity index (χ2v) is 6.79. The van der Waals surface area contributed by atoms with E-state index in [1.54, 1.807) is 0 Å². The van der Waals surface area contributed by atoms with E-state index in [0.29, 0.717) is 5.41 Å². The lowest BCUT2D eigenvalue weighted by Crippen LogP contribution is -2.42. The minimum atomic E-state index is 0.428. The van der Waals surface area contributed by atoms with Crippen LogP contribution in [0.15, 0.2) is 24.3 Å². The number of benzene rings is 1. The normalized spacial score (nSPS) is 19.2. The lowest BCUT2D eigenvalue weighted by atomic mass is 9.80. The predicted octanol–water partition coefficient (Wildman–Crippen LogP) is 2.39. The van der Waals surface area contributed by atoms with E-state index in [1.165, 1.54) is 31.4 Å². The second-order valence-electron chi connectivity index (χ2n) is 6.79. The zero-order valence-electron chi connectivity index (χ0n) is 13.4. The van der Waals surface area contributed by atoms with Crippen molar-refractivity contribution in [1.29, 1.82) is 0 Å². The average molecular weight is 286 g/mol. The summed E-state index contributed by atoms with van der Waals surface area (Å²) >= 11 is 0. The largest absolute Gasteiger partial charge is 0.330 e. The fourth-order valence-corrected chi connectivity index (χ4v) is 3.16. The van der Waals surface area contributed by atoms with Gasteiger partial charge in [-0.1, -0.05) is 19.1 Å². The summed E-state index contributed by atoms with van der Waals surface area (Å²) in [4.78, 5) is 7.15. The molecule has 1 aromatic heterocycles. The molecule has 1 fully saturated rings. The maximum absolute atomic E-state index is 4.72. The van der Waals surface area contributed by atoms with Gasteiger partial charge in [-0.15, -0.1) is 0 Å². The van der Waals surface area contributed by atoms with E-state index < -0.39 is 0 Å². The number of hydrogen-bond acceptors (Lipinski definition) is 3. The molecule has 0 atom stereocenters. The molecule has 0 radical (unpaired) electrons. The van der Waals surface area contributed by atoms with Gasteiger partial charge in [0.25, 0.3) is 0 Å². The zero-order chi connectivity index (χ0) is 14.9. The van der Waals surface area contributed by atoms with Crippen molar-refractivity contribution in [2.75, 3.05) is 26.7 Å². The van der Waals surface area contributed by atoms with Crippen LogP contribution in [0.4, 0.5) is 0 Å². The van der Waals surface area contributed by atoms with E-state index in [1.807, 2.05) is 6.07 Å². The van der Waals surface area contributed by atoms with Crippen LogP contribution in [-0.4, -0.2) is 41.1 Å². The Kier molecular flexibility index (Phi) is 4.00. The van der Waals surface area contributed by atoms with E-state index in [0.717, 1.165) is 24.4 Å². The highest BCUT2D eigenvalue weighted by Gasteiger charge is 2.28. The summed E-state index contributed by atoms with van der Waals surface area (Å²) < 4.78 is 2.19. The van der Waals surface area contributed by atoms with Gasteiger partial charge < -0.3 is 14.8 Å². The van der Waals surface area contributed by atoms with Crippen molar-refractivity contribution in [2.24, 2.45) is 12.5 Å². The van der Waals surface area contributed by atoms with Crippen molar-refractivity contribution >= 4 is 11.0 Å². The predicted molar refractivity (Wildman–Crippen MR) is 87.3 cm³/mol. The molecule has 1 aromatic carbocycles. The highest BCUT2D eigenvalue weighted by molar-refractivity contribution is 5.75. The minimum Gasteiger partial charge on any atom is -0.330 e. The number of imidazole rings is 1. The number of piperidine rings is 1. The maximum atomic E-state index is 4.72. The molecular formula is C17H26N4. The van der Waals surface area contributed by atoms with Crippen LogP contribution < -0.4 is 5.32 Å². The fraction of sp³-hybridized carbons (Fsp3) is 0.588. The summed E-state index contributed by atoms with van der Waals surface area (Å²) in [6, 6.07) is 8.33. The number of para-hydroxylation sites is 2. The summed E-state index contributed by atoms with van der Waals surface area (Å²) in [5.74, 6) is 1.12. The molecule has 0 amide bonds. The van der Waals surface area contributed by atoms with Gasteiger partial charge in [-0.05, 0) is 50.5 Å². The minimum absolute atomic E-state index is 0.428. The summed E-state index contributed by atoms with van der Waals surface area (Å²) in [5.41, 5.74) is 2.72. The summed E-state index contributed by atoms with van der Waals surface area (Å²) in [6.45, 7) is 6.75. The molecule has 1 N–H and O–H groups in total. The number of fused-ring (bicyclic) bond motifs is 1. The van der Waals surface area contributed by atoms with Gasteiger partial charge in [-0.25, -0.2) is 4.98 Å². The number of aromatic nitrogens is 2. The SMILES string of the molecule is CN1CCC(C)(CNCc2nc3ccccc3n2C)CC1. The molecule has 1 aliphatic rings. The van der Waals surface area contributed by atoms with Gasteiger partial charge in [-0.2, -0.15) is 0 Å². The maximum Gasteiger partial charge on any atom is 0.123 e. The van der Waals surface area contributed by atoms with Crippen molar-refractivity contribution in [1.82, 2.24) is 19.8 Å². The Morgan fingerprint density at radius 2 is 1.90 bits per heavy atom. The van der Waals surface area contributed by atoms with Crippen LogP contribution in [0.1, 0.15) is 25.6 Å². The Balaban J connectivity index is 1.60. The summed E-state index contributed by atoms with van der Waals surface area (Å²) in [7, 11) is 4.32. The van der Waals surface area contributed by atoms with Gasteiger partial charge in [0.1, 0.15) is 5.82 Å². The molecule has 1 aliphatic heterocycles. The van der Waals surface area contributed by atoms with E-state index in [4.69, 9.17) is 4.98 Å². The topological polar surface area (TPSA) is 33.1 Å². The standard InChI is InChI=1S/C17H26N4/c1-17(8-10-20(2)11-9-17)13-18-12-16-19-14-6-4-5-7-15(14)21(16)3/h4-7,18H,8-13H2,1-3H3. The van der Waals surface area contributed by atoms with Gasteiger partial charge in [0.2, 0.25) is 0 Å². The van der Waals surface area contributed by atoms with Crippen molar-refractivity contribution in [3.05, 3.63) is 30.1 Å². The molecule has 0 spiro atoms. The van der Waals surface area contributed by atoms with Gasteiger partial charge in [0.15, 0.2) is 0 Å². The Bertz CT molecular complexity index is 608. The Morgan fingerprint density at radius 1 is 1.19 bits per heavy atom. The first-order valence-corrected chi connectivity index (χ1v) is 7.87. The second kappa shape index (κ2) is 5.78. The van der Waals surface area contributed by atoms with Crippen LogP contribution in [0.25, 0.3) is 11.0 Å². The third-order valence-corrected chi connectivity index (χ3v) is 4.91. The van der Waals surface area contributed by atoms with Gasteiger partial charge in [0.05, 0.1) is 17.6 Å². The number of hydrogen-bond donors (Lipinski definition) is 1. The molecule has 0 bridgehead atoms. The van der Waals surface area contributed by atoms with E-state index >= 15 is 0 Å². The molecule has 1 saturated heterocycles. The molecule has 2 heterocycles. The van der Waals surface area contributed by atoms with Gasteiger partial charge in [0, 0.05) is 13.6 Å². The number of rotatable bonds is 4. The van der Waals surface area contributed by atoms with Crippen LogP contribution >= 0.6 is 0 Å². The average Bonchev–Trinajstić information content (AvgIpc) is 2.80. The lowest BCUT2D eigenvalue weighted by Gasteiger charge is -2.38. The number of likely N-dealkylation sites (tertiary alicyclic amines) is 1. The zero-order valence-corrected chi connectivity index (χ0v) is 13.4. The third kappa shape index (κ3) is 3.11. The van der Waals surface area contributed by atoms with Crippen LogP contribution in [0.3, 0.4) is 0 Å². The number of nitrogens with one attached hydrogen (secondary N) is 1. The first-order valence-electron chi connectivity index (χ1n) is 7.87. The monoisotopic (exact) mass is 286 g/mol. The molecular weight excluding hydrogens is 260 g/mol. The summed E-state index contributed by atoms with van der Waals surface area (Å²) in [5, 5.41) is 3.63. The first kappa shape index (κ1) is 14.5. The van der Waals surface area contributed by atoms with E-state index in [2.05, 4.69) is 54.0 Å². The molecule has 0 unspecified atom stereocenters. The van der Waals surface area contributed by atoms with Crippen molar-refractivity contribution in [2.45, 2.75) is 26.3 Å². The molecule has 21 heavy (non-hydrogen) atoms. The quantitative estimate of drug-likeness (QED) is 0.937. The van der Waals surface area contributed by atoms with Crippen LogP contribution in [0, 0.1) is 5.41 Å². The Labute approximate surface area is 127 Å². The summed E-state index contributed by atoms with van der Waals surface area (Å²) in [6.07, 6.45) is 2.55. The highest BCUT2D eigenvalue weighted by Crippen LogP contribution is 2.29. The Hall–Kier alpha value is -1.39. The molecule has 0 aliphatic carbocycles. The van der Waals surface area contributed by atoms with Crippen LogP contribution in [0.2, 0.25) is 0 Å². The molecule has 3 rings (SSSR count). The van der Waals surface area contributed by atoms with Crippen molar-refractivity contribution in [3.63, 3.8) is 0 Å². The van der Waals surface area contributed by atoms with E-state index in [9.17, 15) is 0 Å². The number of aryl methyl sites for hydroxylation is 1. The molecule has 0 saturated carbocycles. The first-order chi connectivity index (χ1) is 10.1. The smallest absolute Gasteiger partial charge is 0.123 e. The molecule has 2 aromatic rings. The van der Waals surface area contributed by atoms with Gasteiger partial charge in [-0.3, -0.25) is 0 Å². The van der Waals surface area contributed by atoms with Crippen molar-refractivity contribution < 1.29 is 0 Å². The van der Waals surface area contributed by atoms with Crippen molar-refractivity contribution in [3.8, 4) is 0 Å². The Morgan fingerprint density at radius 3 is 2.62 bits per heavy atom. The van der Waals surface area contributed by atoms with E-state index in [-0.39, 0.29) is 0 Å². The van der Waals surface area contributed by atoms with Crippen LogP contribution in [0.5, 0.6) is 0 Å². The molecule has 4 nitrogen and oxygen atoms in total. The van der Waals surface area contributed by atoms with Gasteiger partial charge >= 0.3 is 0 Å². The molecule has 4 heteroatoms. The highest BCUT2D eigenvalue weighted by atomic mass is 15.1. The lowest BCUT2D eigenvalue weighted by molar-refractivity contribution is 0.136. The fourth-order valence-electron chi connectivity index (χ4n) is 3.16. The number of nitrogens with zero attached hydrogens (tertiary/aromatic N) is 3. The van der Waals surface area contributed by atoms with Crippen LogP contribution in [-0.2, 0) is 13.6 Å². The third-order valence-electron chi connectivity index (χ3n) is 4.91.